The molecule has 5 nitrogen and oxygen atoms in total. The molecule has 0 unspecified atom stereocenters. The van der Waals surface area contributed by atoms with Crippen LogP contribution in [-0.4, -0.2) is 61.4 Å². The molecule has 2 aromatic carbocycles. The average Bonchev–Trinajstić information content (AvgIpc) is 2.77. The van der Waals surface area contributed by atoms with E-state index in [9.17, 15) is 0 Å². The summed E-state index contributed by atoms with van der Waals surface area (Å²) in [5.74, 6) is 1.82. The number of pyridine rings is 1. The number of piperazine rings is 1. The maximum atomic E-state index is 9.04. The Morgan fingerprint density at radius 1 is 1.00 bits per heavy atom. The van der Waals surface area contributed by atoms with Gasteiger partial charge in [-0.3, -0.25) is 0 Å². The number of hydrogen-bond acceptors (Lipinski definition) is 5. The third kappa shape index (κ3) is 4.58. The Morgan fingerprint density at radius 2 is 1.76 bits per heavy atom. The standard InChI is InChI=1S/C24H27N3O2/c1-26-12-14-27(15-13-26)24-22-8-4-2-7-20(22)18-21(25-24)11-10-19-6-3-5-9-23(19)29-17-16-28/h2-11,18,28H,12-17H2,1H3/b11-10+. The van der Waals surface area contributed by atoms with Crippen molar-refractivity contribution in [3.05, 3.63) is 65.9 Å². The lowest BCUT2D eigenvalue weighted by molar-refractivity contribution is 0.201. The monoisotopic (exact) mass is 389 g/mol. The lowest BCUT2D eigenvalue weighted by Crippen LogP contribution is -2.44. The van der Waals surface area contributed by atoms with Crippen LogP contribution in [-0.2, 0) is 0 Å². The zero-order valence-corrected chi connectivity index (χ0v) is 16.8. The molecule has 0 saturated carbocycles. The first-order valence-corrected chi connectivity index (χ1v) is 10.1. The third-order valence-corrected chi connectivity index (χ3v) is 5.24. The quantitative estimate of drug-likeness (QED) is 0.699. The molecule has 1 saturated heterocycles. The highest BCUT2D eigenvalue weighted by Gasteiger charge is 2.18. The van der Waals surface area contributed by atoms with Crippen LogP contribution in [0.5, 0.6) is 5.75 Å². The largest absolute Gasteiger partial charge is 0.491 e. The molecule has 1 N–H and O–H groups in total. The van der Waals surface area contributed by atoms with E-state index in [1.165, 1.54) is 10.8 Å². The van der Waals surface area contributed by atoms with Crippen LogP contribution in [0.25, 0.3) is 22.9 Å². The summed E-state index contributed by atoms with van der Waals surface area (Å²) in [5, 5.41) is 11.4. The zero-order chi connectivity index (χ0) is 20.1. The first kappa shape index (κ1) is 19.4. The summed E-state index contributed by atoms with van der Waals surface area (Å²) in [5.41, 5.74) is 1.90. The number of fused-ring (bicyclic) bond motifs is 1. The van der Waals surface area contributed by atoms with E-state index in [1.54, 1.807) is 0 Å². The van der Waals surface area contributed by atoms with Gasteiger partial charge in [0.2, 0.25) is 0 Å². The summed E-state index contributed by atoms with van der Waals surface area (Å²) < 4.78 is 5.64. The van der Waals surface area contributed by atoms with Crippen LogP contribution in [0.1, 0.15) is 11.3 Å². The SMILES string of the molecule is CN1CCN(c2nc(/C=C/c3ccccc3OCCO)cc3ccccc23)CC1. The van der Waals surface area contributed by atoms with Crippen molar-refractivity contribution in [2.45, 2.75) is 0 Å². The van der Waals surface area contributed by atoms with E-state index in [-0.39, 0.29) is 13.2 Å². The molecular weight excluding hydrogens is 362 g/mol. The molecule has 2 heterocycles. The van der Waals surface area contributed by atoms with E-state index in [0.29, 0.717) is 0 Å². The Labute approximate surface area is 171 Å². The number of benzene rings is 2. The smallest absolute Gasteiger partial charge is 0.137 e. The molecule has 1 aliphatic rings. The highest BCUT2D eigenvalue weighted by Crippen LogP contribution is 2.28. The number of nitrogens with zero attached hydrogens (tertiary/aromatic N) is 3. The van der Waals surface area contributed by atoms with Gasteiger partial charge in [0, 0.05) is 37.1 Å². The number of para-hydroxylation sites is 1. The zero-order valence-electron chi connectivity index (χ0n) is 16.8. The number of likely N-dealkylation sites (N-methyl/N-ethyl adjacent to an activating group) is 1. The van der Waals surface area contributed by atoms with Gasteiger partial charge in [-0.15, -0.1) is 0 Å². The van der Waals surface area contributed by atoms with Crippen LogP contribution < -0.4 is 9.64 Å². The van der Waals surface area contributed by atoms with Crippen LogP contribution in [0.3, 0.4) is 0 Å². The Kier molecular flexibility index (Phi) is 6.08. The lowest BCUT2D eigenvalue weighted by atomic mass is 10.1. The van der Waals surface area contributed by atoms with Crippen LogP contribution in [0.2, 0.25) is 0 Å². The van der Waals surface area contributed by atoms with Crippen molar-refractivity contribution >= 4 is 28.7 Å². The van der Waals surface area contributed by atoms with Gasteiger partial charge in [-0.1, -0.05) is 42.5 Å². The van der Waals surface area contributed by atoms with E-state index in [2.05, 4.69) is 47.2 Å². The minimum atomic E-state index is -0.00133. The van der Waals surface area contributed by atoms with Crippen molar-refractivity contribution in [3.8, 4) is 5.75 Å². The second kappa shape index (κ2) is 9.07. The molecular formula is C24H27N3O2. The minimum Gasteiger partial charge on any atom is -0.491 e. The highest BCUT2D eigenvalue weighted by molar-refractivity contribution is 5.94. The Bertz CT molecular complexity index is 994. The number of aromatic nitrogens is 1. The first-order valence-electron chi connectivity index (χ1n) is 10.1. The molecule has 0 spiro atoms. The van der Waals surface area contributed by atoms with Crippen molar-refractivity contribution < 1.29 is 9.84 Å². The van der Waals surface area contributed by atoms with E-state index >= 15 is 0 Å². The van der Waals surface area contributed by atoms with Crippen LogP contribution in [0, 0.1) is 0 Å². The topological polar surface area (TPSA) is 48.8 Å². The van der Waals surface area contributed by atoms with E-state index < -0.39 is 0 Å². The fourth-order valence-corrected chi connectivity index (χ4v) is 3.63. The van der Waals surface area contributed by atoms with Gasteiger partial charge in [-0.25, -0.2) is 4.98 Å². The second-order valence-corrected chi connectivity index (χ2v) is 7.33. The van der Waals surface area contributed by atoms with Crippen molar-refractivity contribution in [3.63, 3.8) is 0 Å². The maximum Gasteiger partial charge on any atom is 0.137 e. The average molecular weight is 389 g/mol. The molecule has 150 valence electrons. The van der Waals surface area contributed by atoms with Gasteiger partial charge < -0.3 is 19.6 Å². The second-order valence-electron chi connectivity index (χ2n) is 7.33. The van der Waals surface area contributed by atoms with Gasteiger partial charge in [0.05, 0.1) is 12.3 Å². The van der Waals surface area contributed by atoms with E-state index in [0.717, 1.165) is 49.0 Å². The minimum absolute atomic E-state index is 0.00133. The number of ether oxygens (including phenoxy) is 1. The summed E-state index contributed by atoms with van der Waals surface area (Å²) in [6, 6.07) is 18.4. The molecule has 0 bridgehead atoms. The van der Waals surface area contributed by atoms with Gasteiger partial charge in [0.25, 0.3) is 0 Å². The van der Waals surface area contributed by atoms with E-state index in [1.807, 2.05) is 36.4 Å². The Morgan fingerprint density at radius 3 is 2.59 bits per heavy atom. The fraction of sp³-hybridized carbons (Fsp3) is 0.292. The number of hydrogen-bond donors (Lipinski definition) is 1. The molecule has 1 fully saturated rings. The first-order chi connectivity index (χ1) is 14.2. The summed E-state index contributed by atoms with van der Waals surface area (Å²) in [6.07, 6.45) is 4.06. The summed E-state index contributed by atoms with van der Waals surface area (Å²) in [7, 11) is 2.17. The van der Waals surface area contributed by atoms with Crippen molar-refractivity contribution in [2.75, 3.05) is 51.3 Å². The number of aliphatic hydroxyl groups is 1. The molecule has 0 radical (unpaired) electrons. The van der Waals surface area contributed by atoms with E-state index in [4.69, 9.17) is 14.8 Å². The molecule has 29 heavy (non-hydrogen) atoms. The number of anilines is 1. The van der Waals surface area contributed by atoms with Gasteiger partial charge >= 0.3 is 0 Å². The Balaban J connectivity index is 1.67. The Hall–Kier alpha value is -2.89. The van der Waals surface area contributed by atoms with Crippen molar-refractivity contribution in [2.24, 2.45) is 0 Å². The summed E-state index contributed by atoms with van der Waals surface area (Å²) >= 11 is 0. The highest BCUT2D eigenvalue weighted by atomic mass is 16.5. The van der Waals surface area contributed by atoms with Gasteiger partial charge in [0.15, 0.2) is 0 Å². The van der Waals surface area contributed by atoms with Gasteiger partial charge in [-0.05, 0) is 36.7 Å². The third-order valence-electron chi connectivity index (χ3n) is 5.24. The van der Waals surface area contributed by atoms with Crippen molar-refractivity contribution in [1.29, 1.82) is 0 Å². The molecule has 1 aliphatic heterocycles. The molecule has 0 atom stereocenters. The molecule has 0 aliphatic carbocycles. The van der Waals surface area contributed by atoms with Crippen LogP contribution in [0.4, 0.5) is 5.82 Å². The van der Waals surface area contributed by atoms with Gasteiger partial charge in [0.1, 0.15) is 18.2 Å². The summed E-state index contributed by atoms with van der Waals surface area (Å²) in [6.45, 7) is 4.35. The number of rotatable bonds is 6. The molecule has 5 heteroatoms. The lowest BCUT2D eigenvalue weighted by Gasteiger charge is -2.34. The molecule has 1 aromatic heterocycles. The maximum absolute atomic E-state index is 9.04. The molecule has 4 rings (SSSR count). The van der Waals surface area contributed by atoms with Crippen LogP contribution >= 0.6 is 0 Å². The fourth-order valence-electron chi connectivity index (χ4n) is 3.63. The molecule has 0 amide bonds. The predicted octanol–water partition coefficient (Wildman–Crippen LogP) is 3.53. The molecule has 3 aromatic rings. The van der Waals surface area contributed by atoms with Crippen molar-refractivity contribution in [1.82, 2.24) is 9.88 Å². The summed E-state index contributed by atoms with van der Waals surface area (Å²) in [4.78, 5) is 9.74. The normalized spacial score (nSPS) is 15.3. The predicted molar refractivity (Wildman–Crippen MR) is 119 cm³/mol. The van der Waals surface area contributed by atoms with Gasteiger partial charge in [-0.2, -0.15) is 0 Å². The van der Waals surface area contributed by atoms with Crippen LogP contribution in [0.15, 0.2) is 54.6 Å². The number of aliphatic hydroxyl groups excluding tert-OH is 1.